The van der Waals surface area contributed by atoms with Gasteiger partial charge in [0.15, 0.2) is 0 Å². The van der Waals surface area contributed by atoms with Crippen LogP contribution in [0.1, 0.15) is 31.2 Å². The zero-order valence-electron chi connectivity index (χ0n) is 11.0. The number of alkyl halides is 4. The van der Waals surface area contributed by atoms with Crippen LogP contribution in [0.2, 0.25) is 0 Å². The average molecular weight is 303 g/mol. The van der Waals surface area contributed by atoms with E-state index in [1.54, 1.807) is 0 Å². The van der Waals surface area contributed by atoms with Crippen LogP contribution >= 0.6 is 11.6 Å². The maximum Gasteiger partial charge on any atom is 0.416 e. The Morgan fingerprint density at radius 3 is 2.60 bits per heavy atom. The molecule has 1 saturated carbocycles. The highest BCUT2D eigenvalue weighted by atomic mass is 35.5. The number of benzene rings is 1. The summed E-state index contributed by atoms with van der Waals surface area (Å²) in [5.41, 5.74) is 0.481. The molecule has 3 rings (SSSR count). The van der Waals surface area contributed by atoms with Crippen molar-refractivity contribution in [3.63, 3.8) is 0 Å². The third kappa shape index (κ3) is 2.18. The zero-order chi connectivity index (χ0) is 14.5. The van der Waals surface area contributed by atoms with E-state index in [0.717, 1.165) is 36.3 Å². The van der Waals surface area contributed by atoms with E-state index >= 15 is 0 Å². The lowest BCUT2D eigenvalue weighted by Gasteiger charge is -2.16. The summed E-state index contributed by atoms with van der Waals surface area (Å²) in [5, 5.41) is 0. The van der Waals surface area contributed by atoms with Crippen LogP contribution in [0, 0.1) is 0 Å². The number of rotatable bonds is 3. The fraction of sp³-hybridized carbons (Fsp3) is 0.500. The maximum atomic E-state index is 12.8. The fourth-order valence-corrected chi connectivity index (χ4v) is 2.73. The molecule has 108 valence electrons. The van der Waals surface area contributed by atoms with Gasteiger partial charge in [0.2, 0.25) is 0 Å². The van der Waals surface area contributed by atoms with Crippen molar-refractivity contribution in [2.24, 2.45) is 0 Å². The number of hydrogen-bond donors (Lipinski definition) is 0. The summed E-state index contributed by atoms with van der Waals surface area (Å²) < 4.78 is 40.3. The van der Waals surface area contributed by atoms with Gasteiger partial charge in [0.25, 0.3) is 0 Å². The smallest absolute Gasteiger partial charge is 0.322 e. The number of nitrogens with zero attached hydrogens (tertiary/aromatic N) is 2. The van der Waals surface area contributed by atoms with E-state index in [4.69, 9.17) is 11.6 Å². The topological polar surface area (TPSA) is 17.8 Å². The van der Waals surface area contributed by atoms with Crippen LogP contribution in [-0.4, -0.2) is 15.4 Å². The van der Waals surface area contributed by atoms with E-state index < -0.39 is 11.7 Å². The highest BCUT2D eigenvalue weighted by Gasteiger charge is 2.42. The minimum Gasteiger partial charge on any atom is -0.322 e. The van der Waals surface area contributed by atoms with Crippen LogP contribution in [-0.2, 0) is 18.1 Å². The van der Waals surface area contributed by atoms with Crippen molar-refractivity contribution in [2.45, 2.75) is 37.9 Å². The molecule has 0 amide bonds. The molecule has 20 heavy (non-hydrogen) atoms. The molecule has 0 atom stereocenters. The first-order valence-electron chi connectivity index (χ1n) is 6.50. The Balaban J connectivity index is 2.18. The van der Waals surface area contributed by atoms with Crippen molar-refractivity contribution in [1.82, 2.24) is 9.55 Å². The summed E-state index contributed by atoms with van der Waals surface area (Å²) in [4.78, 5) is 4.36. The van der Waals surface area contributed by atoms with Crippen molar-refractivity contribution in [3.8, 4) is 0 Å². The van der Waals surface area contributed by atoms with Gasteiger partial charge in [-0.15, -0.1) is 11.6 Å². The molecule has 1 aromatic heterocycles. The van der Waals surface area contributed by atoms with Gasteiger partial charge in [0, 0.05) is 17.8 Å². The second-order valence-electron chi connectivity index (χ2n) is 5.50. The molecule has 1 aliphatic rings. The number of hydrogen-bond acceptors (Lipinski definition) is 1. The lowest BCUT2D eigenvalue weighted by molar-refractivity contribution is -0.137. The fourth-order valence-electron chi connectivity index (χ4n) is 2.57. The molecule has 2 aromatic rings. The Kier molecular flexibility index (Phi) is 3.01. The lowest BCUT2D eigenvalue weighted by Crippen LogP contribution is -2.16. The Bertz CT molecular complexity index is 656. The SMILES string of the molecule is CC1(n2c(CCCl)nc3cc(C(F)(F)F)ccc32)CC1. The van der Waals surface area contributed by atoms with Gasteiger partial charge in [-0.3, -0.25) is 0 Å². The minimum atomic E-state index is -4.34. The summed E-state index contributed by atoms with van der Waals surface area (Å²) in [7, 11) is 0. The third-order valence-corrected chi connectivity index (χ3v) is 4.07. The van der Waals surface area contributed by atoms with E-state index in [1.807, 2.05) is 0 Å². The van der Waals surface area contributed by atoms with Crippen LogP contribution in [0.3, 0.4) is 0 Å². The van der Waals surface area contributed by atoms with Gasteiger partial charge in [-0.2, -0.15) is 13.2 Å². The standard InChI is InChI=1S/C14H14ClF3N2/c1-13(5-6-13)20-11-3-2-9(14(16,17)18)8-10(11)19-12(20)4-7-15/h2-3,8H,4-7H2,1H3. The second kappa shape index (κ2) is 4.38. The molecule has 1 aromatic carbocycles. The maximum absolute atomic E-state index is 12.8. The number of aryl methyl sites for hydroxylation is 1. The quantitative estimate of drug-likeness (QED) is 0.771. The average Bonchev–Trinajstić information content (AvgIpc) is 2.99. The van der Waals surface area contributed by atoms with Crippen molar-refractivity contribution >= 4 is 22.6 Å². The predicted octanol–water partition coefficient (Wildman–Crippen LogP) is 4.35. The third-order valence-electron chi connectivity index (χ3n) is 3.88. The molecule has 1 fully saturated rings. The molecule has 1 heterocycles. The van der Waals surface area contributed by atoms with Gasteiger partial charge in [-0.25, -0.2) is 4.98 Å². The summed E-state index contributed by atoms with van der Waals surface area (Å²) >= 11 is 5.78. The van der Waals surface area contributed by atoms with Gasteiger partial charge >= 0.3 is 6.18 Å². The molecule has 0 unspecified atom stereocenters. The summed E-state index contributed by atoms with van der Waals surface area (Å²) in [6, 6.07) is 3.76. The van der Waals surface area contributed by atoms with Crippen LogP contribution in [0.5, 0.6) is 0 Å². The van der Waals surface area contributed by atoms with Crippen molar-refractivity contribution in [2.75, 3.05) is 5.88 Å². The Morgan fingerprint density at radius 1 is 1.35 bits per heavy atom. The summed E-state index contributed by atoms with van der Waals surface area (Å²) in [6.07, 6.45) is -1.73. The summed E-state index contributed by atoms with van der Waals surface area (Å²) in [6.45, 7) is 2.10. The molecule has 0 spiro atoms. The number of halogens is 4. The van der Waals surface area contributed by atoms with Crippen molar-refractivity contribution in [1.29, 1.82) is 0 Å². The van der Waals surface area contributed by atoms with Gasteiger partial charge < -0.3 is 4.57 Å². The highest BCUT2D eigenvalue weighted by molar-refractivity contribution is 6.17. The molecule has 1 aliphatic carbocycles. The minimum absolute atomic E-state index is 0.0180. The van der Waals surface area contributed by atoms with E-state index in [0.29, 0.717) is 17.8 Å². The molecular formula is C14H14ClF3N2. The van der Waals surface area contributed by atoms with E-state index in [-0.39, 0.29) is 5.54 Å². The van der Waals surface area contributed by atoms with E-state index in [2.05, 4.69) is 16.5 Å². The van der Waals surface area contributed by atoms with Crippen molar-refractivity contribution < 1.29 is 13.2 Å². The van der Waals surface area contributed by atoms with Crippen LogP contribution in [0.4, 0.5) is 13.2 Å². The largest absolute Gasteiger partial charge is 0.416 e. The molecule has 0 aliphatic heterocycles. The van der Waals surface area contributed by atoms with Crippen LogP contribution < -0.4 is 0 Å². The normalized spacial score (nSPS) is 17.6. The highest BCUT2D eigenvalue weighted by Crippen LogP contribution is 2.46. The van der Waals surface area contributed by atoms with E-state index in [9.17, 15) is 13.2 Å². The summed E-state index contributed by atoms with van der Waals surface area (Å²) in [5.74, 6) is 1.18. The van der Waals surface area contributed by atoms with Gasteiger partial charge in [0.1, 0.15) is 5.82 Å². The Labute approximate surface area is 119 Å². The monoisotopic (exact) mass is 302 g/mol. The zero-order valence-corrected chi connectivity index (χ0v) is 11.7. The van der Waals surface area contributed by atoms with E-state index in [1.165, 1.54) is 6.07 Å². The molecule has 0 N–H and O–H groups in total. The van der Waals surface area contributed by atoms with Gasteiger partial charge in [-0.1, -0.05) is 0 Å². The molecule has 6 heteroatoms. The molecule has 0 bridgehead atoms. The van der Waals surface area contributed by atoms with Gasteiger partial charge in [0.05, 0.1) is 16.6 Å². The Hall–Kier alpha value is -1.23. The number of imidazole rings is 1. The second-order valence-corrected chi connectivity index (χ2v) is 5.88. The molecule has 0 radical (unpaired) electrons. The first-order valence-corrected chi connectivity index (χ1v) is 7.04. The number of aromatic nitrogens is 2. The number of fused-ring (bicyclic) bond motifs is 1. The van der Waals surface area contributed by atoms with Crippen LogP contribution in [0.25, 0.3) is 11.0 Å². The Morgan fingerprint density at radius 2 is 2.05 bits per heavy atom. The lowest BCUT2D eigenvalue weighted by atomic mass is 10.2. The van der Waals surface area contributed by atoms with Crippen molar-refractivity contribution in [3.05, 3.63) is 29.6 Å². The van der Waals surface area contributed by atoms with Gasteiger partial charge in [-0.05, 0) is 38.0 Å². The van der Waals surface area contributed by atoms with Crippen LogP contribution in [0.15, 0.2) is 18.2 Å². The predicted molar refractivity (Wildman–Crippen MR) is 72.0 cm³/mol. The molecular weight excluding hydrogens is 289 g/mol. The molecule has 2 nitrogen and oxygen atoms in total. The first kappa shape index (κ1) is 13.7. The first-order chi connectivity index (χ1) is 9.35. The molecule has 0 saturated heterocycles.